The molecule has 2 aromatic rings. The Labute approximate surface area is 116 Å². The van der Waals surface area contributed by atoms with Gasteiger partial charge in [-0.25, -0.2) is 8.78 Å². The maximum atomic E-state index is 13.6. The van der Waals surface area contributed by atoms with Crippen LogP contribution in [0.5, 0.6) is 0 Å². The van der Waals surface area contributed by atoms with Gasteiger partial charge in [0, 0.05) is 13.0 Å². The molecule has 3 nitrogen and oxygen atoms in total. The predicted molar refractivity (Wildman–Crippen MR) is 72.3 cm³/mol. The Morgan fingerprint density at radius 2 is 2.05 bits per heavy atom. The first kappa shape index (κ1) is 14.7. The molecule has 0 fully saturated rings. The first-order chi connectivity index (χ1) is 9.56. The van der Waals surface area contributed by atoms with E-state index in [4.69, 9.17) is 0 Å². The maximum Gasteiger partial charge on any atom is 0.162 e. The van der Waals surface area contributed by atoms with Crippen molar-refractivity contribution in [3.8, 4) is 0 Å². The van der Waals surface area contributed by atoms with Crippen molar-refractivity contribution >= 4 is 0 Å². The Bertz CT molecular complexity index is 596. The molecule has 1 unspecified atom stereocenters. The summed E-state index contributed by atoms with van der Waals surface area (Å²) in [4.78, 5) is 0. The number of aliphatic hydroxyl groups is 1. The van der Waals surface area contributed by atoms with Gasteiger partial charge in [0.25, 0.3) is 0 Å². The lowest BCUT2D eigenvalue weighted by molar-refractivity contribution is 0.165. The molecule has 1 aromatic carbocycles. The lowest BCUT2D eigenvalue weighted by atomic mass is 10.0. The number of aromatic nitrogens is 2. The van der Waals surface area contributed by atoms with Gasteiger partial charge in [0.2, 0.25) is 0 Å². The Kier molecular flexibility index (Phi) is 4.49. The first-order valence-corrected chi connectivity index (χ1v) is 6.74. The quantitative estimate of drug-likeness (QED) is 0.914. The summed E-state index contributed by atoms with van der Waals surface area (Å²) in [6, 6.07) is 5.80. The van der Waals surface area contributed by atoms with Crippen LogP contribution in [0, 0.1) is 11.6 Å². The molecule has 1 atom stereocenters. The van der Waals surface area contributed by atoms with Gasteiger partial charge in [-0.1, -0.05) is 19.1 Å². The first-order valence-electron chi connectivity index (χ1n) is 6.74. The second-order valence-corrected chi connectivity index (χ2v) is 4.66. The zero-order chi connectivity index (χ0) is 14.7. The molecule has 0 aliphatic heterocycles. The summed E-state index contributed by atoms with van der Waals surface area (Å²) < 4.78 is 28.5. The lowest BCUT2D eigenvalue weighted by Crippen LogP contribution is -2.11. The van der Waals surface area contributed by atoms with Crippen LogP contribution in [-0.4, -0.2) is 14.9 Å². The molecular weight excluding hydrogens is 262 g/mol. The summed E-state index contributed by atoms with van der Waals surface area (Å²) >= 11 is 0. The van der Waals surface area contributed by atoms with E-state index in [9.17, 15) is 13.9 Å². The molecule has 5 heteroatoms. The number of nitrogens with zero attached hydrogens (tertiary/aromatic N) is 2. The molecule has 0 saturated carbocycles. The Hall–Kier alpha value is -1.75. The molecule has 1 N–H and O–H groups in total. The molecule has 2 rings (SSSR count). The average molecular weight is 280 g/mol. The number of halogens is 2. The molecule has 0 aliphatic carbocycles. The molecular formula is C15H18F2N2O. The highest BCUT2D eigenvalue weighted by atomic mass is 19.2. The van der Waals surface area contributed by atoms with Crippen molar-refractivity contribution < 1.29 is 13.9 Å². The van der Waals surface area contributed by atoms with Crippen LogP contribution in [0.25, 0.3) is 0 Å². The van der Waals surface area contributed by atoms with Crippen molar-refractivity contribution in [3.05, 3.63) is 52.9 Å². The third-order valence-electron chi connectivity index (χ3n) is 3.31. The molecule has 1 heterocycles. The minimum Gasteiger partial charge on any atom is -0.386 e. The van der Waals surface area contributed by atoms with Crippen LogP contribution in [0.1, 0.15) is 36.9 Å². The fraction of sp³-hybridized carbons (Fsp3) is 0.400. The molecule has 0 aliphatic rings. The van der Waals surface area contributed by atoms with Crippen LogP contribution in [0.3, 0.4) is 0 Å². The van der Waals surface area contributed by atoms with Gasteiger partial charge >= 0.3 is 0 Å². The highest BCUT2D eigenvalue weighted by Crippen LogP contribution is 2.22. The van der Waals surface area contributed by atoms with Gasteiger partial charge in [-0.05, 0) is 31.0 Å². The van der Waals surface area contributed by atoms with Gasteiger partial charge in [-0.2, -0.15) is 5.10 Å². The van der Waals surface area contributed by atoms with Crippen LogP contribution in [0.4, 0.5) is 8.78 Å². The van der Waals surface area contributed by atoms with Gasteiger partial charge < -0.3 is 5.11 Å². The molecule has 0 radical (unpaired) electrons. The van der Waals surface area contributed by atoms with Gasteiger partial charge in [-0.15, -0.1) is 0 Å². The van der Waals surface area contributed by atoms with E-state index in [1.807, 2.05) is 19.9 Å². The number of aryl methyl sites for hydroxylation is 2. The van der Waals surface area contributed by atoms with E-state index in [2.05, 4.69) is 5.10 Å². The average Bonchev–Trinajstić information content (AvgIpc) is 2.87. The van der Waals surface area contributed by atoms with Crippen molar-refractivity contribution in [2.45, 2.75) is 39.3 Å². The summed E-state index contributed by atoms with van der Waals surface area (Å²) in [6.07, 6.45) is -0.112. The third kappa shape index (κ3) is 2.88. The van der Waals surface area contributed by atoms with E-state index < -0.39 is 17.7 Å². The van der Waals surface area contributed by atoms with Crippen LogP contribution in [-0.2, 0) is 19.4 Å². The SMILES string of the molecule is CCc1cc(C(O)Cc2cccc(F)c2F)n(CC)n1. The van der Waals surface area contributed by atoms with Crippen molar-refractivity contribution in [1.82, 2.24) is 9.78 Å². The van der Waals surface area contributed by atoms with Crippen molar-refractivity contribution in [2.75, 3.05) is 0 Å². The topological polar surface area (TPSA) is 38.0 Å². The summed E-state index contributed by atoms with van der Waals surface area (Å²) in [5.74, 6) is -1.79. The number of hydrogen-bond acceptors (Lipinski definition) is 2. The van der Waals surface area contributed by atoms with E-state index in [1.54, 1.807) is 4.68 Å². The lowest BCUT2D eigenvalue weighted by Gasteiger charge is -2.13. The molecule has 0 spiro atoms. The zero-order valence-electron chi connectivity index (χ0n) is 11.6. The second kappa shape index (κ2) is 6.13. The fourth-order valence-corrected chi connectivity index (χ4v) is 2.20. The minimum absolute atomic E-state index is 0.0262. The van der Waals surface area contributed by atoms with Crippen LogP contribution in [0.2, 0.25) is 0 Å². The van der Waals surface area contributed by atoms with Crippen LogP contribution >= 0.6 is 0 Å². The van der Waals surface area contributed by atoms with Crippen molar-refractivity contribution in [3.63, 3.8) is 0 Å². The van der Waals surface area contributed by atoms with Crippen LogP contribution in [0.15, 0.2) is 24.3 Å². The Morgan fingerprint density at radius 3 is 2.70 bits per heavy atom. The maximum absolute atomic E-state index is 13.6. The normalized spacial score (nSPS) is 12.7. The Balaban J connectivity index is 2.25. The monoisotopic (exact) mass is 280 g/mol. The van der Waals surface area contributed by atoms with Gasteiger partial charge in [0.1, 0.15) is 0 Å². The number of hydrogen-bond donors (Lipinski definition) is 1. The summed E-state index contributed by atoms with van der Waals surface area (Å²) in [5, 5.41) is 14.6. The van der Waals surface area contributed by atoms with Crippen molar-refractivity contribution in [1.29, 1.82) is 0 Å². The molecule has 1 aromatic heterocycles. The van der Waals surface area contributed by atoms with E-state index in [0.717, 1.165) is 18.2 Å². The van der Waals surface area contributed by atoms with Crippen LogP contribution < -0.4 is 0 Å². The smallest absolute Gasteiger partial charge is 0.162 e. The Morgan fingerprint density at radius 1 is 1.30 bits per heavy atom. The van der Waals surface area contributed by atoms with E-state index >= 15 is 0 Å². The minimum atomic E-state index is -0.904. The molecule has 108 valence electrons. The highest BCUT2D eigenvalue weighted by Gasteiger charge is 2.18. The highest BCUT2D eigenvalue weighted by molar-refractivity contribution is 5.22. The van der Waals surface area contributed by atoms with Crippen molar-refractivity contribution in [2.24, 2.45) is 0 Å². The molecule has 0 saturated heterocycles. The largest absolute Gasteiger partial charge is 0.386 e. The predicted octanol–water partition coefficient (Wildman–Crippen LogP) is 3.02. The third-order valence-corrected chi connectivity index (χ3v) is 3.31. The fourth-order valence-electron chi connectivity index (χ4n) is 2.20. The summed E-state index contributed by atoms with van der Waals surface area (Å²) in [7, 11) is 0. The second-order valence-electron chi connectivity index (χ2n) is 4.66. The van der Waals surface area contributed by atoms with Gasteiger partial charge in [0.15, 0.2) is 11.6 Å². The summed E-state index contributed by atoms with van der Waals surface area (Å²) in [5.41, 5.74) is 1.67. The molecule has 0 amide bonds. The van der Waals surface area contributed by atoms with Gasteiger partial charge in [0.05, 0.1) is 17.5 Å². The van der Waals surface area contributed by atoms with E-state index in [-0.39, 0.29) is 12.0 Å². The standard InChI is InChI=1S/C15H18F2N2O/c1-3-11-9-13(19(4-2)18-11)14(20)8-10-6-5-7-12(16)15(10)17/h5-7,9,14,20H,3-4,8H2,1-2H3. The molecule has 20 heavy (non-hydrogen) atoms. The number of benzene rings is 1. The number of rotatable bonds is 5. The summed E-state index contributed by atoms with van der Waals surface area (Å²) in [6.45, 7) is 4.52. The molecule has 0 bridgehead atoms. The zero-order valence-corrected chi connectivity index (χ0v) is 11.6. The van der Waals surface area contributed by atoms with Gasteiger partial charge in [-0.3, -0.25) is 4.68 Å². The number of aliphatic hydroxyl groups excluding tert-OH is 1. The van der Waals surface area contributed by atoms with E-state index in [0.29, 0.717) is 12.2 Å². The van der Waals surface area contributed by atoms with E-state index in [1.165, 1.54) is 12.1 Å².